The summed E-state index contributed by atoms with van der Waals surface area (Å²) >= 11 is 0. The zero-order chi connectivity index (χ0) is 21.4. The molecule has 2 N–H and O–H groups in total. The van der Waals surface area contributed by atoms with Gasteiger partial charge in [-0.3, -0.25) is 0 Å². The average molecular weight is 422 g/mol. The van der Waals surface area contributed by atoms with Crippen LogP contribution >= 0.6 is 0 Å². The first-order valence-electron chi connectivity index (χ1n) is 10.9. The third kappa shape index (κ3) is 3.77. The maximum Gasteiger partial charge on any atom is 0.317 e. The third-order valence-corrected chi connectivity index (χ3v) is 6.14. The van der Waals surface area contributed by atoms with E-state index in [0.717, 1.165) is 54.2 Å². The van der Waals surface area contributed by atoms with E-state index in [4.69, 9.17) is 4.98 Å². The number of nitrogens with zero attached hydrogens (tertiary/aromatic N) is 7. The Morgan fingerprint density at radius 1 is 1.13 bits per heavy atom. The van der Waals surface area contributed by atoms with Gasteiger partial charge in [-0.1, -0.05) is 0 Å². The van der Waals surface area contributed by atoms with Crippen LogP contribution in [0.4, 0.5) is 10.6 Å². The summed E-state index contributed by atoms with van der Waals surface area (Å²) < 4.78 is 2.04. The van der Waals surface area contributed by atoms with Gasteiger partial charge in [-0.05, 0) is 39.5 Å². The third-order valence-electron chi connectivity index (χ3n) is 6.14. The summed E-state index contributed by atoms with van der Waals surface area (Å²) in [6, 6.07) is 0.519. The minimum Gasteiger partial charge on any atom is -0.364 e. The fourth-order valence-electron chi connectivity index (χ4n) is 4.14. The summed E-state index contributed by atoms with van der Waals surface area (Å²) in [5.41, 5.74) is 2.33. The highest BCUT2D eigenvalue weighted by Gasteiger charge is 2.29. The number of aromatic nitrogens is 6. The zero-order valence-electron chi connectivity index (χ0n) is 17.9. The molecule has 0 bridgehead atoms. The number of imidazole rings is 1. The molecule has 1 aliphatic carbocycles. The number of urea groups is 1. The smallest absolute Gasteiger partial charge is 0.317 e. The number of aryl methyl sites for hydroxylation is 2. The van der Waals surface area contributed by atoms with Crippen molar-refractivity contribution in [2.75, 3.05) is 18.4 Å². The monoisotopic (exact) mass is 421 g/mol. The highest BCUT2D eigenvalue weighted by atomic mass is 16.2. The Morgan fingerprint density at radius 3 is 2.65 bits per heavy atom. The maximum absolute atomic E-state index is 12.5. The maximum atomic E-state index is 12.5. The van der Waals surface area contributed by atoms with Crippen molar-refractivity contribution in [3.05, 3.63) is 24.5 Å². The predicted octanol–water partition coefficient (Wildman–Crippen LogP) is 2.36. The van der Waals surface area contributed by atoms with Crippen molar-refractivity contribution in [2.24, 2.45) is 0 Å². The number of nitrogens with one attached hydrogen (secondary N) is 2. The van der Waals surface area contributed by atoms with E-state index in [-0.39, 0.29) is 12.1 Å². The van der Waals surface area contributed by atoms with Crippen molar-refractivity contribution in [1.82, 2.24) is 39.7 Å². The molecule has 2 aliphatic rings. The second-order valence-corrected chi connectivity index (χ2v) is 8.25. The van der Waals surface area contributed by atoms with Crippen molar-refractivity contribution >= 4 is 23.0 Å². The molecule has 0 aromatic carbocycles. The highest BCUT2D eigenvalue weighted by Crippen LogP contribution is 2.27. The Labute approximate surface area is 180 Å². The number of carbonyl (C=O) groups excluding carboxylic acids is 1. The molecule has 0 unspecified atom stereocenters. The average Bonchev–Trinajstić information content (AvgIpc) is 3.36. The minimum atomic E-state index is 0.0405. The number of carbonyl (C=O) groups is 1. The summed E-state index contributed by atoms with van der Waals surface area (Å²) in [4.78, 5) is 36.7. The van der Waals surface area contributed by atoms with Crippen LogP contribution in [-0.4, -0.2) is 65.6 Å². The Bertz CT molecular complexity index is 1090. The lowest BCUT2D eigenvalue weighted by atomic mass is 9.93. The Hall–Kier alpha value is -3.30. The molecule has 3 aromatic rings. The van der Waals surface area contributed by atoms with Crippen molar-refractivity contribution in [1.29, 1.82) is 0 Å². The first-order valence-corrected chi connectivity index (χ1v) is 10.9. The van der Waals surface area contributed by atoms with Crippen molar-refractivity contribution in [3.63, 3.8) is 0 Å². The van der Waals surface area contributed by atoms with Gasteiger partial charge in [-0.25, -0.2) is 29.7 Å². The van der Waals surface area contributed by atoms with Crippen LogP contribution in [0.3, 0.4) is 0 Å². The van der Waals surface area contributed by atoms with Crippen molar-refractivity contribution in [3.8, 4) is 11.4 Å². The molecule has 0 radical (unpaired) electrons. The van der Waals surface area contributed by atoms with Gasteiger partial charge in [-0.15, -0.1) is 0 Å². The SMILES string of the molecule is CCn1c(-c2cnc(C)nc2)nc2c(N[C@H]3CCN(C(=O)NC4CCC4)C3)ncnc21. The van der Waals surface area contributed by atoms with Crippen LogP contribution in [0, 0.1) is 6.92 Å². The van der Waals surface area contributed by atoms with E-state index in [9.17, 15) is 4.79 Å². The number of anilines is 1. The molecule has 1 aliphatic heterocycles. The first-order chi connectivity index (χ1) is 15.1. The van der Waals surface area contributed by atoms with Crippen LogP contribution in [-0.2, 0) is 6.54 Å². The molecule has 2 fully saturated rings. The van der Waals surface area contributed by atoms with Gasteiger partial charge in [-0.2, -0.15) is 0 Å². The van der Waals surface area contributed by atoms with Crippen LogP contribution in [0.15, 0.2) is 18.7 Å². The van der Waals surface area contributed by atoms with Gasteiger partial charge < -0.3 is 20.1 Å². The summed E-state index contributed by atoms with van der Waals surface area (Å²) in [5, 5.41) is 6.61. The lowest BCUT2D eigenvalue weighted by Gasteiger charge is -2.29. The summed E-state index contributed by atoms with van der Waals surface area (Å²) in [6.45, 7) is 6.02. The Morgan fingerprint density at radius 2 is 1.94 bits per heavy atom. The van der Waals surface area contributed by atoms with Gasteiger partial charge in [0.1, 0.15) is 18.0 Å². The van der Waals surface area contributed by atoms with Crippen molar-refractivity contribution in [2.45, 2.75) is 58.2 Å². The van der Waals surface area contributed by atoms with E-state index < -0.39 is 0 Å². The molecule has 1 saturated carbocycles. The van der Waals surface area contributed by atoms with Gasteiger partial charge in [0.15, 0.2) is 17.0 Å². The molecule has 10 nitrogen and oxygen atoms in total. The number of hydrogen-bond donors (Lipinski definition) is 2. The molecule has 10 heteroatoms. The predicted molar refractivity (Wildman–Crippen MR) is 117 cm³/mol. The number of fused-ring (bicyclic) bond motifs is 1. The molecule has 1 atom stereocenters. The van der Waals surface area contributed by atoms with Crippen LogP contribution in [0.25, 0.3) is 22.6 Å². The topological polar surface area (TPSA) is 114 Å². The number of amides is 2. The van der Waals surface area contributed by atoms with Gasteiger partial charge in [0.05, 0.1) is 5.56 Å². The molecule has 31 heavy (non-hydrogen) atoms. The first kappa shape index (κ1) is 19.7. The van der Waals surface area contributed by atoms with Crippen LogP contribution in [0.1, 0.15) is 38.4 Å². The van der Waals surface area contributed by atoms with E-state index in [1.807, 2.05) is 16.4 Å². The number of rotatable bonds is 5. The summed E-state index contributed by atoms with van der Waals surface area (Å²) in [7, 11) is 0. The lowest BCUT2D eigenvalue weighted by molar-refractivity contribution is 0.196. The second kappa shape index (κ2) is 8.09. The number of hydrogen-bond acceptors (Lipinski definition) is 7. The minimum absolute atomic E-state index is 0.0405. The molecule has 162 valence electrons. The molecule has 4 heterocycles. The van der Waals surface area contributed by atoms with Gasteiger partial charge in [0.2, 0.25) is 0 Å². The summed E-state index contributed by atoms with van der Waals surface area (Å²) in [5.74, 6) is 2.18. The van der Waals surface area contributed by atoms with E-state index >= 15 is 0 Å². The second-order valence-electron chi connectivity index (χ2n) is 8.25. The zero-order valence-corrected chi connectivity index (χ0v) is 17.9. The summed E-state index contributed by atoms with van der Waals surface area (Å²) in [6.07, 6.45) is 9.39. The highest BCUT2D eigenvalue weighted by molar-refractivity contribution is 5.86. The van der Waals surface area contributed by atoms with E-state index in [2.05, 4.69) is 37.5 Å². The van der Waals surface area contributed by atoms with Gasteiger partial charge in [0.25, 0.3) is 0 Å². The molecule has 2 amide bonds. The Kier molecular flexibility index (Phi) is 5.13. The molecule has 5 rings (SSSR count). The van der Waals surface area contributed by atoms with E-state index in [1.54, 1.807) is 18.7 Å². The van der Waals surface area contributed by atoms with Crippen molar-refractivity contribution < 1.29 is 4.79 Å². The lowest BCUT2D eigenvalue weighted by Crippen LogP contribution is -2.47. The molecular formula is C21H27N9O. The van der Waals surface area contributed by atoms with Crippen LogP contribution in [0.5, 0.6) is 0 Å². The normalized spacial score (nSPS) is 18.9. The number of likely N-dealkylation sites (tertiary alicyclic amines) is 1. The van der Waals surface area contributed by atoms with Gasteiger partial charge >= 0.3 is 6.03 Å². The van der Waals surface area contributed by atoms with Crippen LogP contribution in [0.2, 0.25) is 0 Å². The fraction of sp³-hybridized carbons (Fsp3) is 0.524. The van der Waals surface area contributed by atoms with E-state index in [0.29, 0.717) is 24.9 Å². The molecule has 3 aromatic heterocycles. The fourth-order valence-corrected chi connectivity index (χ4v) is 4.14. The molecular weight excluding hydrogens is 394 g/mol. The molecule has 0 spiro atoms. The van der Waals surface area contributed by atoms with E-state index in [1.165, 1.54) is 6.42 Å². The van der Waals surface area contributed by atoms with Crippen LogP contribution < -0.4 is 10.6 Å². The molecule has 1 saturated heterocycles. The Balaban J connectivity index is 1.37. The van der Waals surface area contributed by atoms with Gasteiger partial charge in [0, 0.05) is 44.1 Å². The standard InChI is InChI=1S/C21H27N9O/c1-3-30-19(14-9-22-13(2)23-10-14)28-17-18(24-12-25-20(17)30)26-16-7-8-29(11-16)21(31)27-15-5-4-6-15/h9-10,12,15-16H,3-8,11H2,1-2H3,(H,27,31)(H,24,25,26)/t16-/m0/s1. The largest absolute Gasteiger partial charge is 0.364 e. The quantitative estimate of drug-likeness (QED) is 0.650.